The molecule has 0 spiro atoms. The Labute approximate surface area is 118 Å². The molecule has 1 saturated carbocycles. The number of nitrogens with two attached hydrogens (primary N) is 1. The predicted octanol–water partition coefficient (Wildman–Crippen LogP) is 2.86. The van der Waals surface area contributed by atoms with E-state index in [2.05, 4.69) is 27.3 Å². The van der Waals surface area contributed by atoms with Gasteiger partial charge >= 0.3 is 0 Å². The Morgan fingerprint density at radius 1 is 1.61 bits per heavy atom. The van der Waals surface area contributed by atoms with Gasteiger partial charge in [0.1, 0.15) is 5.54 Å². The Bertz CT molecular complexity index is 486. The van der Waals surface area contributed by atoms with Crippen molar-refractivity contribution in [1.29, 1.82) is 5.26 Å². The largest absolute Gasteiger partial charge is 0.317 e. The average molecular weight is 328 g/mol. The van der Waals surface area contributed by atoms with Gasteiger partial charge in [0.2, 0.25) is 5.91 Å². The number of rotatable bonds is 2. The molecule has 0 bridgehead atoms. The minimum Gasteiger partial charge on any atom is -0.317 e. The van der Waals surface area contributed by atoms with Crippen LogP contribution in [0.15, 0.2) is 15.9 Å². The average Bonchev–Trinajstić information content (AvgIpc) is 2.75. The zero-order chi connectivity index (χ0) is 13.2. The van der Waals surface area contributed by atoms with Crippen LogP contribution >= 0.6 is 27.3 Å². The minimum absolute atomic E-state index is 0.0316. The molecule has 1 aromatic rings. The van der Waals surface area contributed by atoms with Crippen LogP contribution in [0.5, 0.6) is 0 Å². The lowest BCUT2D eigenvalue weighted by Gasteiger charge is -2.30. The number of carbonyl (C=O) groups excluding carboxylic acids is 1. The maximum atomic E-state index is 12.0. The van der Waals surface area contributed by atoms with Crippen LogP contribution in [-0.2, 0) is 4.79 Å². The number of hydrogen-bond donors (Lipinski definition) is 2. The van der Waals surface area contributed by atoms with E-state index in [1.165, 1.54) is 11.3 Å². The second-order valence-corrected chi connectivity index (χ2v) is 6.49. The summed E-state index contributed by atoms with van der Waals surface area (Å²) in [6, 6.07) is 4.02. The van der Waals surface area contributed by atoms with Crippen LogP contribution in [0.4, 0.5) is 5.00 Å². The summed E-state index contributed by atoms with van der Waals surface area (Å²) in [4.78, 5) is 12.0. The van der Waals surface area contributed by atoms with Gasteiger partial charge < -0.3 is 11.1 Å². The molecule has 6 heteroatoms. The van der Waals surface area contributed by atoms with Crippen molar-refractivity contribution in [2.75, 3.05) is 5.32 Å². The smallest absolute Gasteiger partial charge is 0.228 e. The molecule has 1 amide bonds. The minimum atomic E-state index is -0.733. The summed E-state index contributed by atoms with van der Waals surface area (Å²) in [5.74, 6) is 0.000223. The van der Waals surface area contributed by atoms with E-state index in [4.69, 9.17) is 11.0 Å². The van der Waals surface area contributed by atoms with E-state index in [0.717, 1.165) is 9.47 Å². The SMILES string of the molecule is N#CC1(N)CCC(C(=O)Nc2cc(Br)cs2)CC1. The van der Waals surface area contributed by atoms with E-state index in [0.29, 0.717) is 25.7 Å². The fourth-order valence-electron chi connectivity index (χ4n) is 2.11. The summed E-state index contributed by atoms with van der Waals surface area (Å²) in [6.07, 6.45) is 2.55. The highest BCUT2D eigenvalue weighted by atomic mass is 79.9. The number of halogens is 1. The molecule has 3 N–H and O–H groups in total. The Kier molecular flexibility index (Phi) is 4.05. The standard InChI is InChI=1S/C12H14BrN3OS/c13-9-5-10(18-6-9)16-11(17)8-1-3-12(15,7-14)4-2-8/h5-6,8H,1-4,15H2,(H,16,17). The lowest BCUT2D eigenvalue weighted by Crippen LogP contribution is -2.43. The molecule has 1 aliphatic rings. The number of nitrogens with one attached hydrogen (secondary N) is 1. The van der Waals surface area contributed by atoms with Crippen LogP contribution in [0.3, 0.4) is 0 Å². The van der Waals surface area contributed by atoms with Gasteiger partial charge in [-0.2, -0.15) is 5.26 Å². The third kappa shape index (κ3) is 3.10. The Morgan fingerprint density at radius 3 is 2.78 bits per heavy atom. The number of nitrogens with zero attached hydrogens (tertiary/aromatic N) is 1. The second-order valence-electron chi connectivity index (χ2n) is 4.66. The van der Waals surface area contributed by atoms with Crippen LogP contribution in [0.2, 0.25) is 0 Å². The van der Waals surface area contributed by atoms with Crippen molar-refractivity contribution in [2.45, 2.75) is 31.2 Å². The molecule has 0 atom stereocenters. The van der Waals surface area contributed by atoms with E-state index < -0.39 is 5.54 Å². The van der Waals surface area contributed by atoms with E-state index in [1.54, 1.807) is 0 Å². The lowest BCUT2D eigenvalue weighted by molar-refractivity contribution is -0.120. The third-order valence-corrected chi connectivity index (χ3v) is 4.89. The highest BCUT2D eigenvalue weighted by molar-refractivity contribution is 9.10. The van der Waals surface area contributed by atoms with E-state index >= 15 is 0 Å². The van der Waals surface area contributed by atoms with E-state index in [9.17, 15) is 4.79 Å². The summed E-state index contributed by atoms with van der Waals surface area (Å²) >= 11 is 4.84. The van der Waals surface area contributed by atoms with Crippen LogP contribution in [-0.4, -0.2) is 11.4 Å². The fraction of sp³-hybridized carbons (Fsp3) is 0.500. The molecule has 0 saturated heterocycles. The molecule has 1 aliphatic carbocycles. The molecular weight excluding hydrogens is 314 g/mol. The molecule has 96 valence electrons. The van der Waals surface area contributed by atoms with Gasteiger partial charge in [-0.3, -0.25) is 4.79 Å². The number of thiophene rings is 1. The Morgan fingerprint density at radius 2 is 2.28 bits per heavy atom. The zero-order valence-corrected chi connectivity index (χ0v) is 12.2. The van der Waals surface area contributed by atoms with Crippen LogP contribution in [0, 0.1) is 17.2 Å². The molecule has 4 nitrogen and oxygen atoms in total. The first-order chi connectivity index (χ1) is 8.52. The first-order valence-corrected chi connectivity index (χ1v) is 7.45. The molecule has 1 aromatic heterocycles. The predicted molar refractivity (Wildman–Crippen MR) is 75.1 cm³/mol. The second kappa shape index (κ2) is 5.39. The Hall–Kier alpha value is -0.900. The number of anilines is 1. The van der Waals surface area contributed by atoms with Crippen molar-refractivity contribution >= 4 is 38.2 Å². The lowest BCUT2D eigenvalue weighted by atomic mass is 9.77. The first kappa shape index (κ1) is 13.5. The van der Waals surface area contributed by atoms with Crippen molar-refractivity contribution in [3.05, 3.63) is 15.9 Å². The van der Waals surface area contributed by atoms with Gasteiger partial charge in [0.25, 0.3) is 0 Å². The number of amides is 1. The summed E-state index contributed by atoms with van der Waals surface area (Å²) in [6.45, 7) is 0. The highest BCUT2D eigenvalue weighted by Crippen LogP contribution is 2.32. The van der Waals surface area contributed by atoms with Crippen molar-refractivity contribution in [3.8, 4) is 6.07 Å². The van der Waals surface area contributed by atoms with Gasteiger partial charge in [-0.1, -0.05) is 0 Å². The molecule has 2 rings (SSSR count). The van der Waals surface area contributed by atoms with Crippen molar-refractivity contribution in [1.82, 2.24) is 0 Å². The summed E-state index contributed by atoms with van der Waals surface area (Å²) in [5, 5.41) is 14.6. The topological polar surface area (TPSA) is 78.9 Å². The molecule has 1 fully saturated rings. The first-order valence-electron chi connectivity index (χ1n) is 5.77. The van der Waals surface area contributed by atoms with Crippen molar-refractivity contribution < 1.29 is 4.79 Å². The van der Waals surface area contributed by atoms with Gasteiger partial charge in [-0.05, 0) is 47.7 Å². The quantitative estimate of drug-likeness (QED) is 0.876. The van der Waals surface area contributed by atoms with Gasteiger partial charge in [0, 0.05) is 15.8 Å². The van der Waals surface area contributed by atoms with Crippen LogP contribution < -0.4 is 11.1 Å². The fourth-order valence-corrected chi connectivity index (χ4v) is 3.43. The van der Waals surface area contributed by atoms with Crippen LogP contribution in [0.25, 0.3) is 0 Å². The molecule has 0 aliphatic heterocycles. The van der Waals surface area contributed by atoms with Gasteiger partial charge in [-0.25, -0.2) is 0 Å². The van der Waals surface area contributed by atoms with Crippen molar-refractivity contribution in [2.24, 2.45) is 11.7 Å². The third-order valence-electron chi connectivity index (χ3n) is 3.29. The number of carbonyl (C=O) groups is 1. The highest BCUT2D eigenvalue weighted by Gasteiger charge is 2.34. The molecule has 0 radical (unpaired) electrons. The number of hydrogen-bond acceptors (Lipinski definition) is 4. The van der Waals surface area contributed by atoms with E-state index in [1.807, 2.05) is 11.4 Å². The molecular formula is C12H14BrN3OS. The van der Waals surface area contributed by atoms with Gasteiger partial charge in [0.15, 0.2) is 0 Å². The molecule has 1 heterocycles. The maximum Gasteiger partial charge on any atom is 0.228 e. The number of nitriles is 1. The Balaban J connectivity index is 1.90. The summed E-state index contributed by atoms with van der Waals surface area (Å²) < 4.78 is 0.969. The molecule has 18 heavy (non-hydrogen) atoms. The van der Waals surface area contributed by atoms with E-state index in [-0.39, 0.29) is 11.8 Å². The van der Waals surface area contributed by atoms with Gasteiger partial charge in [0.05, 0.1) is 11.1 Å². The molecule has 0 unspecified atom stereocenters. The zero-order valence-electron chi connectivity index (χ0n) is 9.78. The van der Waals surface area contributed by atoms with Crippen LogP contribution in [0.1, 0.15) is 25.7 Å². The normalized spacial score (nSPS) is 27.5. The maximum absolute atomic E-state index is 12.0. The monoisotopic (exact) mass is 327 g/mol. The van der Waals surface area contributed by atoms with Crippen molar-refractivity contribution in [3.63, 3.8) is 0 Å². The van der Waals surface area contributed by atoms with Gasteiger partial charge in [-0.15, -0.1) is 11.3 Å². The summed E-state index contributed by atoms with van der Waals surface area (Å²) in [5.41, 5.74) is 5.15. The molecule has 0 aromatic carbocycles. The summed E-state index contributed by atoms with van der Waals surface area (Å²) in [7, 11) is 0.